The van der Waals surface area contributed by atoms with Gasteiger partial charge in [-0.25, -0.2) is 0 Å². The summed E-state index contributed by atoms with van der Waals surface area (Å²) in [5.74, 6) is 0.880. The zero-order chi connectivity index (χ0) is 21.5. The second-order valence-corrected chi connectivity index (χ2v) is 8.86. The molecule has 2 fully saturated rings. The number of piperidine rings is 2. The Morgan fingerprint density at radius 2 is 1.55 bits per heavy atom. The molecule has 2 aromatic rings. The van der Waals surface area contributed by atoms with E-state index in [1.54, 1.807) is 0 Å². The number of benzene rings is 1. The van der Waals surface area contributed by atoms with Crippen molar-refractivity contribution in [3.63, 3.8) is 0 Å². The summed E-state index contributed by atoms with van der Waals surface area (Å²) in [6, 6.07) is 14.3. The minimum Gasteiger partial charge on any atom is -0.375 e. The van der Waals surface area contributed by atoms with Gasteiger partial charge in [0.2, 0.25) is 5.91 Å². The van der Waals surface area contributed by atoms with E-state index in [4.69, 9.17) is 0 Å². The van der Waals surface area contributed by atoms with Gasteiger partial charge in [0.1, 0.15) is 0 Å². The van der Waals surface area contributed by atoms with Crippen molar-refractivity contribution in [2.75, 3.05) is 26.2 Å². The number of hydrogen-bond donors (Lipinski definition) is 1. The minimum absolute atomic E-state index is 0.120. The zero-order valence-corrected chi connectivity index (χ0v) is 18.4. The average Bonchev–Trinajstić information content (AvgIpc) is 2.84. The summed E-state index contributed by atoms with van der Waals surface area (Å²) in [5.41, 5.74) is 3.77. The van der Waals surface area contributed by atoms with Gasteiger partial charge in [-0.15, -0.1) is 0 Å². The molecule has 0 atom stereocenters. The highest BCUT2D eigenvalue weighted by Crippen LogP contribution is 2.30. The van der Waals surface area contributed by atoms with E-state index in [1.807, 2.05) is 30.6 Å². The Labute approximate surface area is 186 Å². The smallest absolute Gasteiger partial charge is 0.223 e. The molecule has 0 spiro atoms. The lowest BCUT2D eigenvalue weighted by Crippen LogP contribution is -2.42. The van der Waals surface area contributed by atoms with Crippen molar-refractivity contribution in [1.82, 2.24) is 20.1 Å². The Morgan fingerprint density at radius 3 is 2.23 bits per heavy atom. The number of carbonyl (C=O) groups excluding carboxylic acids is 1. The van der Waals surface area contributed by atoms with Crippen LogP contribution in [0.15, 0.2) is 67.1 Å². The summed E-state index contributed by atoms with van der Waals surface area (Å²) in [4.78, 5) is 21.6. The molecule has 0 saturated carbocycles. The predicted octanol–water partition coefficient (Wildman–Crippen LogP) is 3.84. The predicted molar refractivity (Wildman–Crippen MR) is 124 cm³/mol. The van der Waals surface area contributed by atoms with Crippen molar-refractivity contribution >= 4 is 5.91 Å². The first kappa shape index (κ1) is 21.6. The molecule has 1 N–H and O–H groups in total. The van der Waals surface area contributed by atoms with E-state index in [9.17, 15) is 4.79 Å². The molecule has 3 heterocycles. The minimum atomic E-state index is 0.120. The lowest BCUT2D eigenvalue weighted by Gasteiger charge is -2.40. The normalized spacial score (nSPS) is 18.6. The van der Waals surface area contributed by atoms with Crippen LogP contribution in [0, 0.1) is 11.8 Å². The molecule has 4 rings (SSSR count). The summed E-state index contributed by atoms with van der Waals surface area (Å²) in [6.45, 7) is 10.2. The van der Waals surface area contributed by atoms with Gasteiger partial charge in [-0.1, -0.05) is 36.9 Å². The van der Waals surface area contributed by atoms with Crippen molar-refractivity contribution in [2.45, 2.75) is 38.8 Å². The van der Waals surface area contributed by atoms with E-state index >= 15 is 0 Å². The SMILES string of the molecule is C=C(C1CCN(Cc2ccncc2)CC1)N1CCC(C(=O)NCc2ccccc2)CC1. The van der Waals surface area contributed by atoms with E-state index in [-0.39, 0.29) is 11.8 Å². The first-order chi connectivity index (χ1) is 15.2. The second-order valence-electron chi connectivity index (χ2n) is 8.86. The highest BCUT2D eigenvalue weighted by molar-refractivity contribution is 5.78. The third kappa shape index (κ3) is 5.95. The van der Waals surface area contributed by atoms with E-state index in [2.05, 4.69) is 50.9 Å². The van der Waals surface area contributed by atoms with Crippen LogP contribution < -0.4 is 5.32 Å². The Hall–Kier alpha value is -2.66. The highest BCUT2D eigenvalue weighted by Gasteiger charge is 2.29. The van der Waals surface area contributed by atoms with Gasteiger partial charge in [-0.2, -0.15) is 0 Å². The van der Waals surface area contributed by atoms with Crippen LogP contribution in [-0.2, 0) is 17.9 Å². The molecule has 0 aliphatic carbocycles. The Morgan fingerprint density at radius 1 is 0.903 bits per heavy atom. The van der Waals surface area contributed by atoms with Gasteiger partial charge in [0.05, 0.1) is 0 Å². The Balaban J connectivity index is 1.18. The molecule has 2 aliphatic heterocycles. The maximum absolute atomic E-state index is 12.6. The van der Waals surface area contributed by atoms with Gasteiger partial charge >= 0.3 is 0 Å². The summed E-state index contributed by atoms with van der Waals surface area (Å²) in [5, 5.41) is 3.11. The molecule has 31 heavy (non-hydrogen) atoms. The number of carbonyl (C=O) groups is 1. The monoisotopic (exact) mass is 418 g/mol. The number of rotatable bonds is 7. The standard InChI is InChI=1S/C26H34N4O/c1-21(24-9-15-29(16-10-24)20-23-7-13-27-14-8-23)30-17-11-25(12-18-30)26(31)28-19-22-5-3-2-4-6-22/h2-8,13-14,24-25H,1,9-12,15-20H2,(H,28,31). The number of nitrogens with one attached hydrogen (secondary N) is 1. The molecule has 164 valence electrons. The Kier molecular flexibility index (Phi) is 7.36. The number of allylic oxidation sites excluding steroid dienone is 1. The first-order valence-electron chi connectivity index (χ1n) is 11.6. The summed E-state index contributed by atoms with van der Waals surface area (Å²) >= 11 is 0. The number of hydrogen-bond acceptors (Lipinski definition) is 4. The number of amides is 1. The third-order valence-corrected chi connectivity index (χ3v) is 6.80. The van der Waals surface area contributed by atoms with Crippen LogP contribution in [0.25, 0.3) is 0 Å². The summed E-state index contributed by atoms with van der Waals surface area (Å²) in [7, 11) is 0. The maximum Gasteiger partial charge on any atom is 0.223 e. The molecular formula is C26H34N4O. The van der Waals surface area contributed by atoms with Crippen LogP contribution in [0.2, 0.25) is 0 Å². The van der Waals surface area contributed by atoms with Gasteiger partial charge in [0, 0.05) is 56.1 Å². The van der Waals surface area contributed by atoms with E-state index < -0.39 is 0 Å². The summed E-state index contributed by atoms with van der Waals surface area (Å²) in [6.07, 6.45) is 7.91. The lowest BCUT2D eigenvalue weighted by atomic mass is 9.90. The van der Waals surface area contributed by atoms with Crippen molar-refractivity contribution in [3.8, 4) is 0 Å². The average molecular weight is 419 g/mol. The van der Waals surface area contributed by atoms with Crippen molar-refractivity contribution in [2.24, 2.45) is 11.8 Å². The molecule has 5 nitrogen and oxygen atoms in total. The fraction of sp³-hybridized carbons (Fsp3) is 0.462. The van der Waals surface area contributed by atoms with Gasteiger partial charge in [0.25, 0.3) is 0 Å². The largest absolute Gasteiger partial charge is 0.375 e. The number of aromatic nitrogens is 1. The van der Waals surface area contributed by atoms with Crippen LogP contribution in [0.4, 0.5) is 0 Å². The van der Waals surface area contributed by atoms with Gasteiger partial charge in [-0.3, -0.25) is 14.7 Å². The molecule has 1 aromatic carbocycles. The topological polar surface area (TPSA) is 48.5 Å². The van der Waals surface area contributed by atoms with Crippen LogP contribution in [-0.4, -0.2) is 46.9 Å². The number of pyridine rings is 1. The van der Waals surface area contributed by atoms with E-state index in [0.29, 0.717) is 12.5 Å². The van der Waals surface area contributed by atoms with Crippen LogP contribution >= 0.6 is 0 Å². The fourth-order valence-electron chi connectivity index (χ4n) is 4.79. The molecule has 1 aromatic heterocycles. The second kappa shape index (κ2) is 10.6. The molecule has 2 saturated heterocycles. The van der Waals surface area contributed by atoms with Gasteiger partial charge < -0.3 is 10.2 Å². The molecule has 0 bridgehead atoms. The quantitative estimate of drug-likeness (QED) is 0.742. The third-order valence-electron chi connectivity index (χ3n) is 6.80. The fourth-order valence-corrected chi connectivity index (χ4v) is 4.79. The number of nitrogens with zero attached hydrogens (tertiary/aromatic N) is 3. The zero-order valence-electron chi connectivity index (χ0n) is 18.4. The highest BCUT2D eigenvalue weighted by atomic mass is 16.1. The van der Waals surface area contributed by atoms with Gasteiger partial charge in [0.15, 0.2) is 0 Å². The van der Waals surface area contributed by atoms with Crippen molar-refractivity contribution in [1.29, 1.82) is 0 Å². The number of likely N-dealkylation sites (tertiary alicyclic amines) is 2. The molecule has 5 heteroatoms. The molecule has 1 amide bonds. The molecular weight excluding hydrogens is 384 g/mol. The Bertz CT molecular complexity index is 838. The molecule has 0 radical (unpaired) electrons. The van der Waals surface area contributed by atoms with Gasteiger partial charge in [-0.05, 0) is 62.0 Å². The molecule has 0 unspecified atom stereocenters. The van der Waals surface area contributed by atoms with Crippen LogP contribution in [0.3, 0.4) is 0 Å². The van der Waals surface area contributed by atoms with E-state index in [0.717, 1.165) is 51.1 Å². The van der Waals surface area contributed by atoms with Crippen LogP contribution in [0.1, 0.15) is 36.8 Å². The maximum atomic E-state index is 12.6. The summed E-state index contributed by atoms with van der Waals surface area (Å²) < 4.78 is 0. The van der Waals surface area contributed by atoms with Crippen LogP contribution in [0.5, 0.6) is 0 Å². The van der Waals surface area contributed by atoms with Crippen molar-refractivity contribution in [3.05, 3.63) is 78.3 Å². The first-order valence-corrected chi connectivity index (χ1v) is 11.6. The lowest BCUT2D eigenvalue weighted by molar-refractivity contribution is -0.126. The molecule has 2 aliphatic rings. The van der Waals surface area contributed by atoms with Crippen molar-refractivity contribution < 1.29 is 4.79 Å². The van der Waals surface area contributed by atoms with E-state index in [1.165, 1.54) is 24.1 Å².